The lowest BCUT2D eigenvalue weighted by molar-refractivity contribution is -0.115. The Morgan fingerprint density at radius 1 is 1.12 bits per heavy atom. The van der Waals surface area contributed by atoms with Crippen LogP contribution in [0.1, 0.15) is 12.8 Å². The SMILES string of the molecule is Cl.O=C(CNCC1CC1)Nc1ccccc1Oc1cc(F)cc(F)c1. The van der Waals surface area contributed by atoms with E-state index in [0.717, 1.165) is 24.7 Å². The normalized spacial score (nSPS) is 13.0. The van der Waals surface area contributed by atoms with E-state index in [4.69, 9.17) is 4.74 Å². The van der Waals surface area contributed by atoms with Crippen LogP contribution in [-0.4, -0.2) is 19.0 Å². The van der Waals surface area contributed by atoms with E-state index in [-0.39, 0.29) is 30.6 Å². The van der Waals surface area contributed by atoms with Gasteiger partial charge in [0.2, 0.25) is 5.91 Å². The highest BCUT2D eigenvalue weighted by atomic mass is 35.5. The molecule has 134 valence electrons. The van der Waals surface area contributed by atoms with Crippen LogP contribution in [-0.2, 0) is 4.79 Å². The van der Waals surface area contributed by atoms with Crippen LogP contribution in [0, 0.1) is 17.6 Å². The molecule has 0 unspecified atom stereocenters. The van der Waals surface area contributed by atoms with E-state index in [2.05, 4.69) is 10.6 Å². The minimum atomic E-state index is -0.726. The molecule has 0 bridgehead atoms. The third kappa shape index (κ3) is 5.99. The average molecular weight is 369 g/mol. The van der Waals surface area contributed by atoms with Gasteiger partial charge in [0.15, 0.2) is 5.75 Å². The topological polar surface area (TPSA) is 50.4 Å². The second-order valence-corrected chi connectivity index (χ2v) is 5.83. The third-order valence-corrected chi connectivity index (χ3v) is 3.64. The van der Waals surface area contributed by atoms with Crippen molar-refractivity contribution in [1.82, 2.24) is 5.32 Å². The maximum absolute atomic E-state index is 13.3. The van der Waals surface area contributed by atoms with Gasteiger partial charge < -0.3 is 15.4 Å². The average Bonchev–Trinajstić information content (AvgIpc) is 3.32. The lowest BCUT2D eigenvalue weighted by Crippen LogP contribution is -2.29. The van der Waals surface area contributed by atoms with Gasteiger partial charge in [-0.25, -0.2) is 8.78 Å². The van der Waals surface area contributed by atoms with Crippen molar-refractivity contribution in [2.24, 2.45) is 5.92 Å². The fourth-order valence-electron chi connectivity index (χ4n) is 2.28. The molecule has 25 heavy (non-hydrogen) atoms. The van der Waals surface area contributed by atoms with Crippen molar-refractivity contribution in [3.8, 4) is 11.5 Å². The molecule has 2 aromatic carbocycles. The maximum atomic E-state index is 13.3. The van der Waals surface area contributed by atoms with E-state index in [1.807, 2.05) is 0 Å². The lowest BCUT2D eigenvalue weighted by Gasteiger charge is -2.12. The zero-order valence-electron chi connectivity index (χ0n) is 13.4. The number of benzene rings is 2. The predicted molar refractivity (Wildman–Crippen MR) is 94.3 cm³/mol. The number of hydrogen-bond acceptors (Lipinski definition) is 3. The highest BCUT2D eigenvalue weighted by Gasteiger charge is 2.20. The van der Waals surface area contributed by atoms with Gasteiger partial charge in [0.1, 0.15) is 17.4 Å². The first-order valence-electron chi connectivity index (χ1n) is 7.84. The van der Waals surface area contributed by atoms with Crippen LogP contribution >= 0.6 is 12.4 Å². The Bertz CT molecular complexity index is 719. The summed E-state index contributed by atoms with van der Waals surface area (Å²) in [7, 11) is 0. The molecule has 1 amide bonds. The second kappa shape index (κ2) is 8.78. The summed E-state index contributed by atoms with van der Waals surface area (Å²) in [5.74, 6) is -0.612. The molecule has 7 heteroatoms. The van der Waals surface area contributed by atoms with Crippen LogP contribution in [0.5, 0.6) is 11.5 Å². The van der Waals surface area contributed by atoms with E-state index in [1.54, 1.807) is 24.3 Å². The van der Waals surface area contributed by atoms with E-state index in [1.165, 1.54) is 12.8 Å². The Morgan fingerprint density at radius 3 is 2.48 bits per heavy atom. The van der Waals surface area contributed by atoms with Crippen molar-refractivity contribution in [2.75, 3.05) is 18.4 Å². The lowest BCUT2D eigenvalue weighted by atomic mass is 10.2. The molecule has 3 rings (SSSR count). The van der Waals surface area contributed by atoms with E-state index in [0.29, 0.717) is 17.4 Å². The quantitative estimate of drug-likeness (QED) is 0.773. The molecule has 1 saturated carbocycles. The Morgan fingerprint density at radius 2 is 1.80 bits per heavy atom. The molecule has 1 fully saturated rings. The van der Waals surface area contributed by atoms with Gasteiger partial charge >= 0.3 is 0 Å². The first kappa shape index (κ1) is 19.1. The molecule has 0 aromatic heterocycles. The molecule has 1 aliphatic rings. The number of anilines is 1. The van der Waals surface area contributed by atoms with Crippen molar-refractivity contribution in [3.05, 3.63) is 54.1 Å². The molecule has 1 aliphatic carbocycles. The number of carbonyl (C=O) groups is 1. The standard InChI is InChI=1S/C18H18F2N2O2.ClH/c19-13-7-14(20)9-15(8-13)24-17-4-2-1-3-16(17)22-18(23)11-21-10-12-5-6-12;/h1-4,7-9,12,21H,5-6,10-11H2,(H,22,23);1H. The monoisotopic (exact) mass is 368 g/mol. The van der Waals surface area contributed by atoms with Crippen molar-refractivity contribution >= 4 is 24.0 Å². The molecule has 0 aliphatic heterocycles. The van der Waals surface area contributed by atoms with Gasteiger partial charge in [-0.2, -0.15) is 0 Å². The van der Waals surface area contributed by atoms with Gasteiger partial charge in [0, 0.05) is 18.2 Å². The smallest absolute Gasteiger partial charge is 0.238 e. The summed E-state index contributed by atoms with van der Waals surface area (Å²) in [6.45, 7) is 1.05. The van der Waals surface area contributed by atoms with Crippen molar-refractivity contribution in [1.29, 1.82) is 0 Å². The first-order valence-corrected chi connectivity index (χ1v) is 7.84. The van der Waals surface area contributed by atoms with E-state index in [9.17, 15) is 13.6 Å². The summed E-state index contributed by atoms with van der Waals surface area (Å²) >= 11 is 0. The zero-order chi connectivity index (χ0) is 16.9. The fourth-order valence-corrected chi connectivity index (χ4v) is 2.28. The van der Waals surface area contributed by atoms with Gasteiger partial charge in [-0.1, -0.05) is 12.1 Å². The Kier molecular flexibility index (Phi) is 6.73. The van der Waals surface area contributed by atoms with Crippen molar-refractivity contribution < 1.29 is 18.3 Å². The fraction of sp³-hybridized carbons (Fsp3) is 0.278. The summed E-state index contributed by atoms with van der Waals surface area (Å²) in [5.41, 5.74) is 0.445. The number of carbonyl (C=O) groups excluding carboxylic acids is 1. The Labute approximate surface area is 151 Å². The highest BCUT2D eigenvalue weighted by molar-refractivity contribution is 5.93. The van der Waals surface area contributed by atoms with Crippen molar-refractivity contribution in [2.45, 2.75) is 12.8 Å². The van der Waals surface area contributed by atoms with Crippen LogP contribution in [0.25, 0.3) is 0 Å². The first-order chi connectivity index (χ1) is 11.6. The van der Waals surface area contributed by atoms with Gasteiger partial charge in [-0.15, -0.1) is 12.4 Å². The van der Waals surface area contributed by atoms with Crippen LogP contribution in [0.15, 0.2) is 42.5 Å². The minimum Gasteiger partial charge on any atom is -0.455 e. The number of rotatable bonds is 7. The number of amides is 1. The highest BCUT2D eigenvalue weighted by Crippen LogP contribution is 2.30. The summed E-state index contributed by atoms with van der Waals surface area (Å²) in [6, 6.07) is 9.68. The summed E-state index contributed by atoms with van der Waals surface area (Å²) in [5, 5.41) is 5.84. The van der Waals surface area contributed by atoms with Crippen LogP contribution in [0.2, 0.25) is 0 Å². The zero-order valence-corrected chi connectivity index (χ0v) is 14.2. The molecule has 0 atom stereocenters. The number of nitrogens with one attached hydrogen (secondary N) is 2. The van der Waals surface area contributed by atoms with Crippen LogP contribution in [0.4, 0.5) is 14.5 Å². The number of ether oxygens (including phenoxy) is 1. The summed E-state index contributed by atoms with van der Waals surface area (Å²) < 4.78 is 32.0. The van der Waals surface area contributed by atoms with Gasteiger partial charge in [-0.3, -0.25) is 4.79 Å². The molecule has 2 N–H and O–H groups in total. The molecular formula is C18H19ClF2N2O2. The molecule has 2 aromatic rings. The minimum absolute atomic E-state index is 0. The summed E-state index contributed by atoms with van der Waals surface area (Å²) in [4.78, 5) is 12.0. The molecule has 0 saturated heterocycles. The van der Waals surface area contributed by atoms with Gasteiger partial charge in [0.05, 0.1) is 12.2 Å². The van der Waals surface area contributed by atoms with Gasteiger partial charge in [0.25, 0.3) is 0 Å². The number of hydrogen-bond donors (Lipinski definition) is 2. The third-order valence-electron chi connectivity index (χ3n) is 3.64. The Hall–Kier alpha value is -2.18. The predicted octanol–water partition coefficient (Wildman–Crippen LogP) is 4.12. The number of halogens is 3. The number of para-hydroxylation sites is 2. The molecule has 0 spiro atoms. The molecular weight excluding hydrogens is 350 g/mol. The van der Waals surface area contributed by atoms with E-state index < -0.39 is 11.6 Å². The maximum Gasteiger partial charge on any atom is 0.238 e. The molecule has 4 nitrogen and oxygen atoms in total. The largest absolute Gasteiger partial charge is 0.455 e. The van der Waals surface area contributed by atoms with Gasteiger partial charge in [-0.05, 0) is 37.4 Å². The molecule has 0 radical (unpaired) electrons. The van der Waals surface area contributed by atoms with Crippen molar-refractivity contribution in [3.63, 3.8) is 0 Å². The van der Waals surface area contributed by atoms with E-state index >= 15 is 0 Å². The van der Waals surface area contributed by atoms with Crippen LogP contribution < -0.4 is 15.4 Å². The Balaban J connectivity index is 0.00000225. The molecule has 0 heterocycles. The summed E-state index contributed by atoms with van der Waals surface area (Å²) in [6.07, 6.45) is 2.44. The second-order valence-electron chi connectivity index (χ2n) is 5.83. The van der Waals surface area contributed by atoms with Crippen LogP contribution in [0.3, 0.4) is 0 Å².